The van der Waals surface area contributed by atoms with Crippen LogP contribution in [0.4, 0.5) is 0 Å². The Balaban J connectivity index is 4.48. The lowest BCUT2D eigenvalue weighted by atomic mass is 9.95. The van der Waals surface area contributed by atoms with E-state index < -0.39 is 0 Å². The number of methoxy groups -OCH3 is 1. The summed E-state index contributed by atoms with van der Waals surface area (Å²) in [6, 6.07) is 0. The third kappa shape index (κ3) is 6.56. The highest BCUT2D eigenvalue weighted by Gasteiger charge is 2.20. The minimum Gasteiger partial charge on any atom is -0.469 e. The van der Waals surface area contributed by atoms with Crippen LogP contribution < -0.4 is 0 Å². The quantitative estimate of drug-likeness (QED) is 0.506. The summed E-state index contributed by atoms with van der Waals surface area (Å²) in [5.74, 6) is -0.763. The van der Waals surface area contributed by atoms with Crippen molar-refractivity contribution >= 4 is 11.9 Å². The molecule has 4 nitrogen and oxygen atoms in total. The topological polar surface area (TPSA) is 52.6 Å². The van der Waals surface area contributed by atoms with Gasteiger partial charge >= 0.3 is 11.9 Å². The third-order valence-electron chi connectivity index (χ3n) is 2.36. The van der Waals surface area contributed by atoms with Crippen LogP contribution in [0.5, 0.6) is 0 Å². The first-order valence-corrected chi connectivity index (χ1v) is 5.42. The molecule has 17 heavy (non-hydrogen) atoms. The molecule has 0 aromatic heterocycles. The standard InChI is InChI=1S/C13H20O4/c1-6-11(8-13(15)16-5)7-12(9(2)3)17-10(4)14/h6,11-12H,1-2,7-8H2,3-5H3/t11-,12+/m1/s1. The van der Waals surface area contributed by atoms with E-state index in [4.69, 9.17) is 4.74 Å². The van der Waals surface area contributed by atoms with Gasteiger partial charge in [-0.25, -0.2) is 0 Å². The molecule has 0 saturated heterocycles. The number of hydrogen-bond donors (Lipinski definition) is 0. The lowest BCUT2D eigenvalue weighted by Crippen LogP contribution is -2.22. The molecule has 96 valence electrons. The Hall–Kier alpha value is -1.58. The Bertz CT molecular complexity index is 307. The molecule has 0 spiro atoms. The van der Waals surface area contributed by atoms with Crippen molar-refractivity contribution in [2.75, 3.05) is 7.11 Å². The van der Waals surface area contributed by atoms with Crippen LogP contribution in [-0.2, 0) is 19.1 Å². The summed E-state index contributed by atoms with van der Waals surface area (Å²) in [6.45, 7) is 10.6. The molecule has 0 bridgehead atoms. The molecular formula is C13H20O4. The maximum atomic E-state index is 11.2. The van der Waals surface area contributed by atoms with Crippen molar-refractivity contribution in [1.29, 1.82) is 0 Å². The van der Waals surface area contributed by atoms with Gasteiger partial charge in [0.05, 0.1) is 13.5 Å². The van der Waals surface area contributed by atoms with Gasteiger partial charge in [0.1, 0.15) is 6.10 Å². The Morgan fingerprint density at radius 2 is 1.94 bits per heavy atom. The van der Waals surface area contributed by atoms with Crippen molar-refractivity contribution in [1.82, 2.24) is 0 Å². The third-order valence-corrected chi connectivity index (χ3v) is 2.36. The highest BCUT2D eigenvalue weighted by molar-refractivity contribution is 5.69. The Kier molecular flexibility index (Phi) is 6.94. The van der Waals surface area contributed by atoms with Gasteiger partial charge in [-0.15, -0.1) is 6.58 Å². The van der Waals surface area contributed by atoms with E-state index >= 15 is 0 Å². The van der Waals surface area contributed by atoms with Gasteiger partial charge < -0.3 is 9.47 Å². The zero-order chi connectivity index (χ0) is 13.4. The van der Waals surface area contributed by atoms with Crippen LogP contribution in [-0.4, -0.2) is 25.2 Å². The van der Waals surface area contributed by atoms with Crippen molar-refractivity contribution in [3.8, 4) is 0 Å². The van der Waals surface area contributed by atoms with E-state index in [1.54, 1.807) is 13.0 Å². The maximum absolute atomic E-state index is 11.2. The van der Waals surface area contributed by atoms with Gasteiger partial charge in [-0.3, -0.25) is 9.59 Å². The maximum Gasteiger partial charge on any atom is 0.306 e. The molecule has 0 saturated carbocycles. The Morgan fingerprint density at radius 1 is 1.35 bits per heavy atom. The molecule has 0 aromatic carbocycles. The van der Waals surface area contributed by atoms with Crippen LogP contribution in [0.1, 0.15) is 26.7 Å². The van der Waals surface area contributed by atoms with E-state index in [1.165, 1.54) is 14.0 Å². The summed E-state index contributed by atoms with van der Waals surface area (Å²) in [6.07, 6.45) is 2.00. The summed E-state index contributed by atoms with van der Waals surface area (Å²) in [7, 11) is 1.34. The van der Waals surface area contributed by atoms with Crippen molar-refractivity contribution in [3.05, 3.63) is 24.8 Å². The molecule has 0 aliphatic heterocycles. The highest BCUT2D eigenvalue weighted by Crippen LogP contribution is 2.19. The average molecular weight is 240 g/mol. The van der Waals surface area contributed by atoms with Gasteiger partial charge in [0.25, 0.3) is 0 Å². The lowest BCUT2D eigenvalue weighted by molar-refractivity contribution is -0.145. The van der Waals surface area contributed by atoms with Crippen LogP contribution in [0.2, 0.25) is 0 Å². The number of allylic oxidation sites excluding steroid dienone is 1. The monoisotopic (exact) mass is 240 g/mol. The van der Waals surface area contributed by atoms with Crippen LogP contribution in [0, 0.1) is 5.92 Å². The molecule has 0 aromatic rings. The van der Waals surface area contributed by atoms with Crippen LogP contribution in [0.3, 0.4) is 0 Å². The molecule has 0 heterocycles. The zero-order valence-corrected chi connectivity index (χ0v) is 10.7. The number of hydrogen-bond acceptors (Lipinski definition) is 4. The fourth-order valence-corrected chi connectivity index (χ4v) is 1.39. The molecule has 0 unspecified atom stereocenters. The molecule has 4 heteroatoms. The Labute approximate surface area is 102 Å². The van der Waals surface area contributed by atoms with Gasteiger partial charge in [-0.2, -0.15) is 0 Å². The number of rotatable bonds is 7. The molecule has 0 aliphatic rings. The lowest BCUT2D eigenvalue weighted by Gasteiger charge is -2.20. The van der Waals surface area contributed by atoms with Crippen molar-refractivity contribution < 1.29 is 19.1 Å². The minimum absolute atomic E-state index is 0.0940. The van der Waals surface area contributed by atoms with Gasteiger partial charge in [-0.1, -0.05) is 12.7 Å². The van der Waals surface area contributed by atoms with Gasteiger partial charge in [-0.05, 0) is 24.8 Å². The van der Waals surface area contributed by atoms with E-state index in [0.717, 1.165) is 5.57 Å². The summed E-state index contributed by atoms with van der Waals surface area (Å²) in [5, 5.41) is 0. The average Bonchev–Trinajstić information content (AvgIpc) is 2.25. The highest BCUT2D eigenvalue weighted by atomic mass is 16.5. The van der Waals surface area contributed by atoms with Crippen molar-refractivity contribution in [3.63, 3.8) is 0 Å². The second-order valence-electron chi connectivity index (χ2n) is 3.96. The van der Waals surface area contributed by atoms with E-state index in [9.17, 15) is 9.59 Å². The van der Waals surface area contributed by atoms with Crippen LogP contribution in [0.15, 0.2) is 24.8 Å². The largest absolute Gasteiger partial charge is 0.469 e. The normalized spacial score (nSPS) is 13.4. The van der Waals surface area contributed by atoms with Gasteiger partial charge in [0.2, 0.25) is 0 Å². The zero-order valence-electron chi connectivity index (χ0n) is 10.7. The van der Waals surface area contributed by atoms with Gasteiger partial charge in [0.15, 0.2) is 0 Å². The number of carbonyl (C=O) groups excluding carboxylic acids is 2. The number of carbonyl (C=O) groups is 2. The summed E-state index contributed by atoms with van der Waals surface area (Å²) < 4.78 is 9.71. The Morgan fingerprint density at radius 3 is 2.29 bits per heavy atom. The SMILES string of the molecule is C=C[C@@H](CC(=O)OC)C[C@H](OC(C)=O)C(=C)C. The number of esters is 2. The van der Waals surface area contributed by atoms with Crippen LogP contribution >= 0.6 is 0 Å². The van der Waals surface area contributed by atoms with E-state index in [2.05, 4.69) is 17.9 Å². The molecule has 0 N–H and O–H groups in total. The fourth-order valence-electron chi connectivity index (χ4n) is 1.39. The fraction of sp³-hybridized carbons (Fsp3) is 0.538. The molecule has 0 aliphatic carbocycles. The van der Waals surface area contributed by atoms with E-state index in [1.807, 2.05) is 0 Å². The minimum atomic E-state index is -0.389. The molecule has 2 atom stereocenters. The molecule has 0 fully saturated rings. The first kappa shape index (κ1) is 15.4. The van der Waals surface area contributed by atoms with E-state index in [-0.39, 0.29) is 30.4 Å². The first-order chi connectivity index (χ1) is 7.90. The number of ether oxygens (including phenoxy) is 2. The van der Waals surface area contributed by atoms with Gasteiger partial charge in [0, 0.05) is 6.92 Å². The summed E-state index contributed by atoms with van der Waals surface area (Å²) >= 11 is 0. The van der Waals surface area contributed by atoms with E-state index in [0.29, 0.717) is 6.42 Å². The predicted octanol–water partition coefficient (Wildman–Crippen LogP) is 2.25. The van der Waals surface area contributed by atoms with Crippen LogP contribution in [0.25, 0.3) is 0 Å². The second-order valence-corrected chi connectivity index (χ2v) is 3.96. The van der Waals surface area contributed by atoms with Crippen molar-refractivity contribution in [2.45, 2.75) is 32.8 Å². The summed E-state index contributed by atoms with van der Waals surface area (Å²) in [4.78, 5) is 22.1. The molecule has 0 rings (SSSR count). The van der Waals surface area contributed by atoms with Crippen molar-refractivity contribution in [2.24, 2.45) is 5.92 Å². The second kappa shape index (κ2) is 7.65. The molecular weight excluding hydrogens is 220 g/mol. The predicted molar refractivity (Wildman–Crippen MR) is 65.3 cm³/mol. The molecule has 0 amide bonds. The summed E-state index contributed by atoms with van der Waals surface area (Å²) in [5.41, 5.74) is 0.747. The molecule has 0 radical (unpaired) electrons. The smallest absolute Gasteiger partial charge is 0.306 e. The first-order valence-electron chi connectivity index (χ1n) is 5.42.